The van der Waals surface area contributed by atoms with E-state index in [4.69, 9.17) is 10.8 Å². The Kier molecular flexibility index (Phi) is 5.11. The lowest BCUT2D eigenvalue weighted by atomic mass is 10.3. The van der Waals surface area contributed by atoms with Gasteiger partial charge in [-0.1, -0.05) is 19.8 Å². The van der Waals surface area contributed by atoms with E-state index in [2.05, 4.69) is 11.9 Å². The second-order valence-corrected chi connectivity index (χ2v) is 4.54. The van der Waals surface area contributed by atoms with Gasteiger partial charge in [0, 0.05) is 0 Å². The highest BCUT2D eigenvalue weighted by molar-refractivity contribution is 7.99. The molecule has 0 fully saturated rings. The van der Waals surface area contributed by atoms with Crippen LogP contribution < -0.4 is 5.73 Å². The maximum Gasteiger partial charge on any atom is 0.354 e. The lowest BCUT2D eigenvalue weighted by Crippen LogP contribution is -2.03. The van der Waals surface area contributed by atoms with Crippen molar-refractivity contribution >= 4 is 23.4 Å². The molecule has 0 aliphatic carbocycles. The third-order valence-corrected chi connectivity index (χ3v) is 3.19. The zero-order chi connectivity index (χ0) is 12.0. The highest BCUT2D eigenvalue weighted by atomic mass is 32.2. The molecule has 0 radical (unpaired) electrons. The number of aromatic nitrogens is 1. The van der Waals surface area contributed by atoms with E-state index in [0.29, 0.717) is 10.7 Å². The summed E-state index contributed by atoms with van der Waals surface area (Å²) in [5.74, 6) is -0.0934. The van der Waals surface area contributed by atoms with Gasteiger partial charge in [0.15, 0.2) is 0 Å². The smallest absolute Gasteiger partial charge is 0.354 e. The molecular weight excluding hydrogens is 224 g/mol. The van der Waals surface area contributed by atoms with Crippen LogP contribution in [0.15, 0.2) is 17.2 Å². The third-order valence-electron chi connectivity index (χ3n) is 2.10. The Bertz CT molecular complexity index is 369. The number of pyridine rings is 1. The molecular formula is C11H16N2O2S. The Labute approximate surface area is 99.3 Å². The van der Waals surface area contributed by atoms with E-state index >= 15 is 0 Å². The molecule has 4 nitrogen and oxygen atoms in total. The molecule has 5 heteroatoms. The van der Waals surface area contributed by atoms with E-state index in [-0.39, 0.29) is 5.69 Å². The van der Waals surface area contributed by atoms with Crippen molar-refractivity contribution in [3.05, 3.63) is 17.8 Å². The van der Waals surface area contributed by atoms with Gasteiger partial charge in [-0.05, 0) is 24.3 Å². The number of anilines is 1. The molecule has 0 aromatic carbocycles. The van der Waals surface area contributed by atoms with Gasteiger partial charge in [-0.25, -0.2) is 9.78 Å². The average molecular weight is 240 g/mol. The Morgan fingerprint density at radius 2 is 2.25 bits per heavy atom. The van der Waals surface area contributed by atoms with Crippen LogP contribution in [-0.4, -0.2) is 21.8 Å². The Morgan fingerprint density at radius 3 is 2.88 bits per heavy atom. The largest absolute Gasteiger partial charge is 0.477 e. The molecule has 0 aliphatic rings. The standard InChI is InChI=1S/C11H16N2O2S/c1-2-3-4-7-16-10-8(12)5-6-9(13-10)11(14)15/h5-6H,2-4,7,12H2,1H3,(H,14,15). The van der Waals surface area contributed by atoms with E-state index < -0.39 is 5.97 Å². The summed E-state index contributed by atoms with van der Waals surface area (Å²) in [4.78, 5) is 14.7. The SMILES string of the molecule is CCCCCSc1nc(C(=O)O)ccc1N. The van der Waals surface area contributed by atoms with Crippen molar-refractivity contribution in [1.29, 1.82) is 0 Å². The Morgan fingerprint density at radius 1 is 1.50 bits per heavy atom. The van der Waals surface area contributed by atoms with Crippen molar-refractivity contribution < 1.29 is 9.90 Å². The first-order valence-electron chi connectivity index (χ1n) is 5.27. The molecule has 0 aliphatic heterocycles. The number of hydrogen-bond donors (Lipinski definition) is 2. The summed E-state index contributed by atoms with van der Waals surface area (Å²) in [5.41, 5.74) is 6.32. The van der Waals surface area contributed by atoms with E-state index in [0.717, 1.165) is 12.2 Å². The number of rotatable bonds is 6. The topological polar surface area (TPSA) is 76.2 Å². The first kappa shape index (κ1) is 12.8. The third kappa shape index (κ3) is 3.73. The number of carboxylic acids is 1. The lowest BCUT2D eigenvalue weighted by Gasteiger charge is -2.05. The van der Waals surface area contributed by atoms with Crippen molar-refractivity contribution in [3.63, 3.8) is 0 Å². The summed E-state index contributed by atoms with van der Waals surface area (Å²) >= 11 is 1.52. The monoisotopic (exact) mass is 240 g/mol. The molecule has 1 aromatic heterocycles. The van der Waals surface area contributed by atoms with Gasteiger partial charge in [-0.3, -0.25) is 0 Å². The van der Waals surface area contributed by atoms with Crippen LogP contribution in [0.25, 0.3) is 0 Å². The van der Waals surface area contributed by atoms with E-state index in [1.165, 1.54) is 30.7 Å². The molecule has 16 heavy (non-hydrogen) atoms. The number of carboxylic acid groups (broad SMARTS) is 1. The minimum absolute atomic E-state index is 0.0483. The Hall–Kier alpha value is -1.23. The lowest BCUT2D eigenvalue weighted by molar-refractivity contribution is 0.0690. The van der Waals surface area contributed by atoms with Crippen molar-refractivity contribution in [2.75, 3.05) is 11.5 Å². The number of hydrogen-bond acceptors (Lipinski definition) is 4. The van der Waals surface area contributed by atoms with Crippen molar-refractivity contribution in [2.45, 2.75) is 31.2 Å². The quantitative estimate of drug-likeness (QED) is 0.590. The fourth-order valence-corrected chi connectivity index (χ4v) is 2.15. The molecule has 88 valence electrons. The van der Waals surface area contributed by atoms with Gasteiger partial charge < -0.3 is 10.8 Å². The summed E-state index contributed by atoms with van der Waals surface area (Å²) in [7, 11) is 0. The van der Waals surface area contributed by atoms with Gasteiger partial charge in [0.2, 0.25) is 0 Å². The first-order chi connectivity index (χ1) is 7.65. The highest BCUT2D eigenvalue weighted by Crippen LogP contribution is 2.24. The summed E-state index contributed by atoms with van der Waals surface area (Å²) in [6.07, 6.45) is 3.43. The second kappa shape index (κ2) is 6.37. The van der Waals surface area contributed by atoms with E-state index in [1.54, 1.807) is 6.07 Å². The van der Waals surface area contributed by atoms with Crippen LogP contribution in [-0.2, 0) is 0 Å². The predicted octanol–water partition coefficient (Wildman–Crippen LogP) is 2.64. The average Bonchev–Trinajstić information content (AvgIpc) is 2.26. The number of aromatic carboxylic acids is 1. The van der Waals surface area contributed by atoms with Crippen molar-refractivity contribution in [2.24, 2.45) is 0 Å². The minimum Gasteiger partial charge on any atom is -0.477 e. The maximum absolute atomic E-state index is 10.7. The molecule has 0 unspecified atom stereocenters. The van der Waals surface area contributed by atoms with Crippen LogP contribution in [0.4, 0.5) is 5.69 Å². The van der Waals surface area contributed by atoms with Crippen LogP contribution in [0, 0.1) is 0 Å². The Balaban J connectivity index is 2.63. The number of nitrogens with two attached hydrogens (primary N) is 1. The number of thioether (sulfide) groups is 1. The first-order valence-corrected chi connectivity index (χ1v) is 6.26. The highest BCUT2D eigenvalue weighted by Gasteiger charge is 2.08. The van der Waals surface area contributed by atoms with Crippen LogP contribution in [0.2, 0.25) is 0 Å². The molecule has 1 rings (SSSR count). The summed E-state index contributed by atoms with van der Waals surface area (Å²) in [6.45, 7) is 2.14. The fraction of sp³-hybridized carbons (Fsp3) is 0.455. The van der Waals surface area contributed by atoms with Crippen LogP contribution in [0.5, 0.6) is 0 Å². The molecule has 0 saturated carbocycles. The van der Waals surface area contributed by atoms with Gasteiger partial charge in [0.1, 0.15) is 10.7 Å². The molecule has 1 aromatic rings. The molecule has 0 atom stereocenters. The molecule has 0 spiro atoms. The maximum atomic E-state index is 10.7. The van der Waals surface area contributed by atoms with Crippen molar-refractivity contribution in [1.82, 2.24) is 4.98 Å². The van der Waals surface area contributed by atoms with Gasteiger partial charge in [0.05, 0.1) is 5.69 Å². The van der Waals surface area contributed by atoms with E-state index in [1.807, 2.05) is 0 Å². The minimum atomic E-state index is -1.02. The molecule has 3 N–H and O–H groups in total. The molecule has 0 amide bonds. The predicted molar refractivity (Wildman–Crippen MR) is 65.9 cm³/mol. The van der Waals surface area contributed by atoms with Gasteiger partial charge in [-0.15, -0.1) is 11.8 Å². The van der Waals surface area contributed by atoms with Crippen LogP contribution in [0.1, 0.15) is 36.7 Å². The molecule has 0 saturated heterocycles. The second-order valence-electron chi connectivity index (χ2n) is 3.45. The molecule has 1 heterocycles. The number of carbonyl (C=O) groups is 1. The fourth-order valence-electron chi connectivity index (χ4n) is 1.21. The number of nitrogen functional groups attached to an aromatic ring is 1. The van der Waals surface area contributed by atoms with Crippen molar-refractivity contribution in [3.8, 4) is 0 Å². The van der Waals surface area contributed by atoms with Crippen LogP contribution in [0.3, 0.4) is 0 Å². The normalized spacial score (nSPS) is 10.3. The zero-order valence-electron chi connectivity index (χ0n) is 9.27. The van der Waals surface area contributed by atoms with E-state index in [9.17, 15) is 4.79 Å². The van der Waals surface area contributed by atoms with Gasteiger partial charge in [0.25, 0.3) is 0 Å². The molecule has 0 bridgehead atoms. The van der Waals surface area contributed by atoms with Crippen LogP contribution >= 0.6 is 11.8 Å². The summed E-state index contributed by atoms with van der Waals surface area (Å²) < 4.78 is 0. The summed E-state index contributed by atoms with van der Waals surface area (Å²) in [6, 6.07) is 3.02. The number of nitrogens with zero attached hydrogens (tertiary/aromatic N) is 1. The van der Waals surface area contributed by atoms with Gasteiger partial charge >= 0.3 is 5.97 Å². The summed E-state index contributed by atoms with van der Waals surface area (Å²) in [5, 5.41) is 9.42. The van der Waals surface area contributed by atoms with Gasteiger partial charge in [-0.2, -0.15) is 0 Å². The number of unbranched alkanes of at least 4 members (excludes halogenated alkanes) is 2. The zero-order valence-corrected chi connectivity index (χ0v) is 10.1.